The molecule has 0 saturated carbocycles. The summed E-state index contributed by atoms with van der Waals surface area (Å²) >= 11 is 1.86. The quantitative estimate of drug-likeness (QED) is 0.931. The molecule has 1 N–H and O–H groups in total. The maximum absolute atomic E-state index is 4.30. The second-order valence-electron chi connectivity index (χ2n) is 5.00. The average Bonchev–Trinajstić information content (AvgIpc) is 2.88. The van der Waals surface area contributed by atoms with Gasteiger partial charge in [-0.2, -0.15) is 0 Å². The Labute approximate surface area is 118 Å². The number of nitrogens with one attached hydrogen (secondary N) is 1. The third kappa shape index (κ3) is 2.86. The van der Waals surface area contributed by atoms with E-state index in [0.717, 1.165) is 26.2 Å². The van der Waals surface area contributed by atoms with Crippen molar-refractivity contribution in [2.75, 3.05) is 26.2 Å². The van der Waals surface area contributed by atoms with Crippen molar-refractivity contribution in [1.82, 2.24) is 15.2 Å². The van der Waals surface area contributed by atoms with E-state index in [0.29, 0.717) is 6.04 Å². The van der Waals surface area contributed by atoms with Gasteiger partial charge in [0.05, 0.1) is 6.04 Å². The Morgan fingerprint density at radius 1 is 1.37 bits per heavy atom. The fourth-order valence-corrected chi connectivity index (χ4v) is 3.69. The van der Waals surface area contributed by atoms with E-state index in [1.165, 1.54) is 16.0 Å². The van der Waals surface area contributed by atoms with Crippen molar-refractivity contribution >= 4 is 11.3 Å². The Hall–Kier alpha value is -1.23. The molecule has 0 aliphatic carbocycles. The smallest absolute Gasteiger partial charge is 0.0712 e. The SMILES string of the molecule is Cc1csc(C(c2cccnc2)N2CCNCC2)c1. The fourth-order valence-electron chi connectivity index (χ4n) is 2.63. The van der Waals surface area contributed by atoms with Crippen molar-refractivity contribution in [2.45, 2.75) is 13.0 Å². The fraction of sp³-hybridized carbons (Fsp3) is 0.400. The molecule has 0 amide bonds. The topological polar surface area (TPSA) is 28.2 Å². The summed E-state index contributed by atoms with van der Waals surface area (Å²) < 4.78 is 0. The normalized spacial score (nSPS) is 18.4. The standard InChI is InChI=1S/C15H19N3S/c1-12-9-14(19-11-12)15(13-3-2-4-17-10-13)18-7-5-16-6-8-18/h2-4,9-11,15-16H,5-8H2,1H3. The highest BCUT2D eigenvalue weighted by Gasteiger charge is 2.24. The van der Waals surface area contributed by atoms with Gasteiger partial charge in [0.25, 0.3) is 0 Å². The summed E-state index contributed by atoms with van der Waals surface area (Å²) in [5, 5.41) is 5.66. The minimum Gasteiger partial charge on any atom is -0.314 e. The van der Waals surface area contributed by atoms with Crippen LogP contribution in [0.3, 0.4) is 0 Å². The van der Waals surface area contributed by atoms with E-state index in [1.54, 1.807) is 0 Å². The molecule has 3 nitrogen and oxygen atoms in total. The Balaban J connectivity index is 1.95. The Morgan fingerprint density at radius 3 is 2.84 bits per heavy atom. The molecule has 0 radical (unpaired) electrons. The first-order valence-electron chi connectivity index (χ1n) is 6.74. The lowest BCUT2D eigenvalue weighted by atomic mass is 10.0. The molecule has 4 heteroatoms. The first-order valence-corrected chi connectivity index (χ1v) is 7.62. The zero-order chi connectivity index (χ0) is 13.1. The highest BCUT2D eigenvalue weighted by atomic mass is 32.1. The molecule has 1 aliphatic heterocycles. The molecule has 1 atom stereocenters. The molecule has 1 saturated heterocycles. The first kappa shape index (κ1) is 12.8. The zero-order valence-electron chi connectivity index (χ0n) is 11.2. The van der Waals surface area contributed by atoms with E-state index in [-0.39, 0.29) is 0 Å². The lowest BCUT2D eigenvalue weighted by molar-refractivity contribution is 0.200. The third-order valence-electron chi connectivity index (χ3n) is 3.54. The summed E-state index contributed by atoms with van der Waals surface area (Å²) in [5.41, 5.74) is 2.65. The number of pyridine rings is 1. The Kier molecular flexibility index (Phi) is 3.92. The van der Waals surface area contributed by atoms with Gasteiger partial charge in [-0.1, -0.05) is 6.07 Å². The minimum absolute atomic E-state index is 0.356. The highest BCUT2D eigenvalue weighted by Crippen LogP contribution is 2.32. The van der Waals surface area contributed by atoms with Crippen LogP contribution in [0.4, 0.5) is 0 Å². The number of rotatable bonds is 3. The molecule has 1 unspecified atom stereocenters. The van der Waals surface area contributed by atoms with E-state index in [9.17, 15) is 0 Å². The molecule has 2 aromatic rings. The van der Waals surface area contributed by atoms with Crippen LogP contribution in [-0.4, -0.2) is 36.1 Å². The van der Waals surface area contributed by atoms with Gasteiger partial charge < -0.3 is 5.32 Å². The molecule has 0 aromatic carbocycles. The van der Waals surface area contributed by atoms with Gasteiger partial charge in [-0.3, -0.25) is 9.88 Å². The van der Waals surface area contributed by atoms with E-state index in [2.05, 4.69) is 39.6 Å². The summed E-state index contributed by atoms with van der Waals surface area (Å²) in [6.07, 6.45) is 3.85. The number of aryl methyl sites for hydroxylation is 1. The van der Waals surface area contributed by atoms with Crippen LogP contribution >= 0.6 is 11.3 Å². The Morgan fingerprint density at radius 2 is 2.21 bits per heavy atom. The molecular formula is C15H19N3S. The molecule has 100 valence electrons. The van der Waals surface area contributed by atoms with E-state index >= 15 is 0 Å². The van der Waals surface area contributed by atoms with Crippen LogP contribution in [-0.2, 0) is 0 Å². The second kappa shape index (κ2) is 5.82. The molecule has 0 spiro atoms. The van der Waals surface area contributed by atoms with Crippen molar-refractivity contribution in [1.29, 1.82) is 0 Å². The number of aromatic nitrogens is 1. The molecule has 19 heavy (non-hydrogen) atoms. The predicted molar refractivity (Wildman–Crippen MR) is 79.6 cm³/mol. The van der Waals surface area contributed by atoms with Gasteiger partial charge in [-0.05, 0) is 35.6 Å². The van der Waals surface area contributed by atoms with Crippen molar-refractivity contribution < 1.29 is 0 Å². The lowest BCUT2D eigenvalue weighted by Gasteiger charge is -2.34. The van der Waals surface area contributed by atoms with Gasteiger partial charge >= 0.3 is 0 Å². The third-order valence-corrected chi connectivity index (χ3v) is 4.64. The minimum atomic E-state index is 0.356. The maximum atomic E-state index is 4.30. The maximum Gasteiger partial charge on any atom is 0.0712 e. The second-order valence-corrected chi connectivity index (χ2v) is 5.94. The van der Waals surface area contributed by atoms with Gasteiger partial charge in [0.2, 0.25) is 0 Å². The molecule has 3 rings (SSSR count). The summed E-state index contributed by atoms with van der Waals surface area (Å²) in [7, 11) is 0. The zero-order valence-corrected chi connectivity index (χ0v) is 12.0. The van der Waals surface area contributed by atoms with Crippen LogP contribution in [0.5, 0.6) is 0 Å². The van der Waals surface area contributed by atoms with Crippen LogP contribution in [0, 0.1) is 6.92 Å². The van der Waals surface area contributed by atoms with Crippen molar-refractivity contribution in [3.05, 3.63) is 52.0 Å². The van der Waals surface area contributed by atoms with Crippen LogP contribution < -0.4 is 5.32 Å². The summed E-state index contributed by atoms with van der Waals surface area (Å²) in [4.78, 5) is 8.27. The van der Waals surface area contributed by atoms with E-state index in [1.807, 2.05) is 29.8 Å². The number of piperazine rings is 1. The van der Waals surface area contributed by atoms with Gasteiger partial charge in [0.15, 0.2) is 0 Å². The molecule has 0 bridgehead atoms. The monoisotopic (exact) mass is 273 g/mol. The van der Waals surface area contributed by atoms with Crippen LogP contribution in [0.25, 0.3) is 0 Å². The summed E-state index contributed by atoms with van der Waals surface area (Å²) in [6, 6.07) is 6.89. The van der Waals surface area contributed by atoms with Crippen molar-refractivity contribution in [2.24, 2.45) is 0 Å². The van der Waals surface area contributed by atoms with E-state index in [4.69, 9.17) is 0 Å². The van der Waals surface area contributed by atoms with Crippen molar-refractivity contribution in [3.8, 4) is 0 Å². The molecule has 1 fully saturated rings. The number of hydrogen-bond acceptors (Lipinski definition) is 4. The number of thiophene rings is 1. The van der Waals surface area contributed by atoms with Crippen LogP contribution in [0.15, 0.2) is 36.0 Å². The first-order chi connectivity index (χ1) is 9.34. The Bertz CT molecular complexity index is 517. The molecule has 3 heterocycles. The van der Waals surface area contributed by atoms with Crippen LogP contribution in [0.1, 0.15) is 22.0 Å². The number of nitrogens with zero attached hydrogens (tertiary/aromatic N) is 2. The molecule has 1 aliphatic rings. The van der Waals surface area contributed by atoms with Crippen molar-refractivity contribution in [3.63, 3.8) is 0 Å². The van der Waals surface area contributed by atoms with Gasteiger partial charge in [-0.15, -0.1) is 11.3 Å². The summed E-state index contributed by atoms with van der Waals surface area (Å²) in [5.74, 6) is 0. The van der Waals surface area contributed by atoms with Gasteiger partial charge in [0, 0.05) is 43.4 Å². The highest BCUT2D eigenvalue weighted by molar-refractivity contribution is 7.10. The number of hydrogen-bond donors (Lipinski definition) is 1. The van der Waals surface area contributed by atoms with E-state index < -0.39 is 0 Å². The molecular weight excluding hydrogens is 254 g/mol. The van der Waals surface area contributed by atoms with Gasteiger partial charge in [-0.25, -0.2) is 0 Å². The van der Waals surface area contributed by atoms with Crippen LogP contribution in [0.2, 0.25) is 0 Å². The predicted octanol–water partition coefficient (Wildman–Crippen LogP) is 2.45. The van der Waals surface area contributed by atoms with Gasteiger partial charge in [0.1, 0.15) is 0 Å². The average molecular weight is 273 g/mol. The molecule has 2 aromatic heterocycles. The summed E-state index contributed by atoms with van der Waals surface area (Å²) in [6.45, 7) is 6.49. The lowest BCUT2D eigenvalue weighted by Crippen LogP contribution is -2.45. The largest absolute Gasteiger partial charge is 0.314 e.